The van der Waals surface area contributed by atoms with E-state index in [-0.39, 0.29) is 12.4 Å². The second-order valence-electron chi connectivity index (χ2n) is 7.29. The quantitative estimate of drug-likeness (QED) is 0.303. The van der Waals surface area contributed by atoms with Gasteiger partial charge in [-0.2, -0.15) is 0 Å². The van der Waals surface area contributed by atoms with Gasteiger partial charge < -0.3 is 31.2 Å². The largest absolute Gasteiger partial charge is 0.493 e. The predicted octanol–water partition coefficient (Wildman–Crippen LogP) is 4.29. The standard InChI is InChI=1S/C22H32Cl2N4O2.ClH/c1-28(10-6-15-11-17(23)22(26)18(24)12-15)9-4-7-27-8-5-16-13-20(29-2)21(30-3)14-19(16)25;/h11-14,27H,4-10,25-26H2,1-3H3;1H. The molecule has 0 atom stereocenters. The van der Waals surface area contributed by atoms with Crippen LogP contribution in [0.5, 0.6) is 11.5 Å². The summed E-state index contributed by atoms with van der Waals surface area (Å²) >= 11 is 12.2. The van der Waals surface area contributed by atoms with Crippen molar-refractivity contribution in [2.75, 3.05) is 58.9 Å². The van der Waals surface area contributed by atoms with E-state index < -0.39 is 0 Å². The van der Waals surface area contributed by atoms with Crippen molar-refractivity contribution in [3.05, 3.63) is 45.4 Å². The third-order valence-corrected chi connectivity index (χ3v) is 5.66. The third-order valence-electron chi connectivity index (χ3n) is 5.03. The molecule has 2 rings (SSSR count). The lowest BCUT2D eigenvalue weighted by molar-refractivity contribution is 0.331. The van der Waals surface area contributed by atoms with E-state index in [1.165, 1.54) is 0 Å². The normalized spacial score (nSPS) is 10.8. The highest BCUT2D eigenvalue weighted by Gasteiger charge is 2.09. The Balaban J connectivity index is 0.00000480. The van der Waals surface area contributed by atoms with E-state index in [2.05, 4.69) is 17.3 Å². The van der Waals surface area contributed by atoms with Crippen LogP contribution in [0.15, 0.2) is 24.3 Å². The van der Waals surface area contributed by atoms with Crippen LogP contribution in [0.2, 0.25) is 10.0 Å². The fourth-order valence-corrected chi connectivity index (χ4v) is 3.72. The summed E-state index contributed by atoms with van der Waals surface area (Å²) in [4.78, 5) is 2.30. The van der Waals surface area contributed by atoms with E-state index in [1.807, 2.05) is 24.3 Å². The van der Waals surface area contributed by atoms with Crippen molar-refractivity contribution in [1.29, 1.82) is 0 Å². The number of hydrogen-bond acceptors (Lipinski definition) is 6. The van der Waals surface area contributed by atoms with Crippen molar-refractivity contribution >= 4 is 47.0 Å². The van der Waals surface area contributed by atoms with Gasteiger partial charge in [0, 0.05) is 18.3 Å². The molecule has 0 amide bonds. The van der Waals surface area contributed by atoms with Crippen molar-refractivity contribution in [2.45, 2.75) is 19.3 Å². The molecule has 9 heteroatoms. The van der Waals surface area contributed by atoms with Gasteiger partial charge in [0.25, 0.3) is 0 Å². The molecule has 2 aromatic carbocycles. The van der Waals surface area contributed by atoms with Crippen LogP contribution in [-0.4, -0.2) is 52.3 Å². The number of likely N-dealkylation sites (N-methyl/N-ethyl adjacent to an activating group) is 1. The Kier molecular flexibility index (Phi) is 12.2. The van der Waals surface area contributed by atoms with Gasteiger partial charge >= 0.3 is 0 Å². The Bertz CT molecular complexity index is 814. The molecule has 0 unspecified atom stereocenters. The van der Waals surface area contributed by atoms with Crippen LogP contribution in [0.3, 0.4) is 0 Å². The first-order valence-electron chi connectivity index (χ1n) is 9.98. The van der Waals surface area contributed by atoms with Crippen molar-refractivity contribution in [2.24, 2.45) is 0 Å². The minimum atomic E-state index is 0. The monoisotopic (exact) mass is 490 g/mol. The van der Waals surface area contributed by atoms with Crippen LogP contribution in [0.25, 0.3) is 0 Å². The number of rotatable bonds is 12. The highest BCUT2D eigenvalue weighted by atomic mass is 35.5. The zero-order valence-corrected chi connectivity index (χ0v) is 20.7. The summed E-state index contributed by atoms with van der Waals surface area (Å²) in [5, 5.41) is 4.50. The molecule has 0 saturated heterocycles. The van der Waals surface area contributed by atoms with Gasteiger partial charge in [-0.05, 0) is 75.3 Å². The summed E-state index contributed by atoms with van der Waals surface area (Å²) in [5.74, 6) is 1.35. The lowest BCUT2D eigenvalue weighted by atomic mass is 10.1. The van der Waals surface area contributed by atoms with Gasteiger partial charge in [0.1, 0.15) is 0 Å². The lowest BCUT2D eigenvalue weighted by Gasteiger charge is -2.17. The molecule has 0 aliphatic heterocycles. The minimum absolute atomic E-state index is 0. The summed E-state index contributed by atoms with van der Waals surface area (Å²) in [6.45, 7) is 3.73. The third kappa shape index (κ3) is 8.47. The molecule has 0 fully saturated rings. The molecule has 0 spiro atoms. The number of ether oxygens (including phenoxy) is 2. The molecular weight excluding hydrogens is 459 g/mol. The van der Waals surface area contributed by atoms with E-state index >= 15 is 0 Å². The van der Waals surface area contributed by atoms with Crippen LogP contribution in [0, 0.1) is 0 Å². The molecule has 0 bridgehead atoms. The van der Waals surface area contributed by atoms with E-state index in [1.54, 1.807) is 14.2 Å². The molecule has 0 saturated carbocycles. The molecule has 174 valence electrons. The Morgan fingerprint density at radius 1 is 0.903 bits per heavy atom. The number of nitrogens with one attached hydrogen (secondary N) is 1. The van der Waals surface area contributed by atoms with Crippen LogP contribution in [0.1, 0.15) is 17.5 Å². The molecule has 31 heavy (non-hydrogen) atoms. The molecule has 0 radical (unpaired) electrons. The van der Waals surface area contributed by atoms with Crippen LogP contribution >= 0.6 is 35.6 Å². The Labute approximate surface area is 201 Å². The first kappa shape index (κ1) is 27.5. The molecule has 0 heterocycles. The van der Waals surface area contributed by atoms with Gasteiger partial charge in [-0.3, -0.25) is 0 Å². The van der Waals surface area contributed by atoms with Gasteiger partial charge in [-0.15, -0.1) is 12.4 Å². The molecule has 0 aliphatic rings. The van der Waals surface area contributed by atoms with E-state index in [0.717, 1.165) is 62.3 Å². The first-order valence-corrected chi connectivity index (χ1v) is 10.7. The maximum Gasteiger partial charge on any atom is 0.162 e. The van der Waals surface area contributed by atoms with Gasteiger partial charge in [0.15, 0.2) is 11.5 Å². The van der Waals surface area contributed by atoms with E-state index in [4.69, 9.17) is 44.1 Å². The van der Waals surface area contributed by atoms with Crippen molar-refractivity contribution in [1.82, 2.24) is 10.2 Å². The fourth-order valence-electron chi connectivity index (χ4n) is 3.19. The smallest absolute Gasteiger partial charge is 0.162 e. The topological polar surface area (TPSA) is 85.8 Å². The zero-order valence-electron chi connectivity index (χ0n) is 18.3. The zero-order chi connectivity index (χ0) is 22.1. The SMILES string of the molecule is COc1cc(N)c(CCNCCCN(C)CCc2cc(Cl)c(N)c(Cl)c2)cc1OC.Cl. The van der Waals surface area contributed by atoms with Gasteiger partial charge in [-0.25, -0.2) is 0 Å². The summed E-state index contributed by atoms with van der Waals surface area (Å²) in [7, 11) is 5.35. The Morgan fingerprint density at radius 2 is 1.52 bits per heavy atom. The van der Waals surface area contributed by atoms with Gasteiger partial charge in [-0.1, -0.05) is 23.2 Å². The second kappa shape index (κ2) is 13.8. The van der Waals surface area contributed by atoms with Crippen molar-refractivity contribution < 1.29 is 9.47 Å². The van der Waals surface area contributed by atoms with Crippen LogP contribution in [0.4, 0.5) is 11.4 Å². The van der Waals surface area contributed by atoms with E-state index in [9.17, 15) is 0 Å². The molecular formula is C22H33Cl3N4O2. The number of nitrogen functional groups attached to an aromatic ring is 2. The molecule has 5 N–H and O–H groups in total. The Morgan fingerprint density at radius 3 is 2.13 bits per heavy atom. The number of nitrogens with two attached hydrogens (primary N) is 2. The molecule has 2 aromatic rings. The summed E-state index contributed by atoms with van der Waals surface area (Å²) in [6.07, 6.45) is 2.77. The highest BCUT2D eigenvalue weighted by molar-refractivity contribution is 6.38. The number of methoxy groups -OCH3 is 2. The average Bonchev–Trinajstić information content (AvgIpc) is 2.73. The first-order chi connectivity index (χ1) is 14.3. The molecule has 6 nitrogen and oxygen atoms in total. The number of anilines is 2. The maximum absolute atomic E-state index is 6.12. The number of benzene rings is 2. The second-order valence-corrected chi connectivity index (χ2v) is 8.10. The van der Waals surface area contributed by atoms with Gasteiger partial charge in [0.05, 0.1) is 30.0 Å². The molecule has 0 aliphatic carbocycles. The predicted molar refractivity (Wildman–Crippen MR) is 134 cm³/mol. The minimum Gasteiger partial charge on any atom is -0.493 e. The Hall–Kier alpha value is -1.57. The molecule has 0 aromatic heterocycles. The fraction of sp³-hybridized carbons (Fsp3) is 0.455. The number of halogens is 3. The van der Waals surface area contributed by atoms with Crippen LogP contribution < -0.4 is 26.3 Å². The number of hydrogen-bond donors (Lipinski definition) is 3. The lowest BCUT2D eigenvalue weighted by Crippen LogP contribution is -2.26. The van der Waals surface area contributed by atoms with Crippen molar-refractivity contribution in [3.8, 4) is 11.5 Å². The summed E-state index contributed by atoms with van der Waals surface area (Å²) in [6, 6.07) is 7.53. The van der Waals surface area contributed by atoms with Crippen molar-refractivity contribution in [3.63, 3.8) is 0 Å². The van der Waals surface area contributed by atoms with Crippen LogP contribution in [-0.2, 0) is 12.8 Å². The summed E-state index contributed by atoms with van der Waals surface area (Å²) in [5.41, 5.74) is 15.2. The number of nitrogens with zero attached hydrogens (tertiary/aromatic N) is 1. The summed E-state index contributed by atoms with van der Waals surface area (Å²) < 4.78 is 10.6. The maximum atomic E-state index is 6.12. The van der Waals surface area contributed by atoms with E-state index in [0.29, 0.717) is 27.2 Å². The highest BCUT2D eigenvalue weighted by Crippen LogP contribution is 2.32. The average molecular weight is 492 g/mol. The van der Waals surface area contributed by atoms with Gasteiger partial charge in [0.2, 0.25) is 0 Å².